The molecule has 1 fully saturated rings. The Kier molecular flexibility index (Phi) is 4.71. The highest BCUT2D eigenvalue weighted by atomic mass is 16.1. The van der Waals surface area contributed by atoms with Crippen molar-refractivity contribution in [3.8, 4) is 6.07 Å². The first-order valence-electron chi connectivity index (χ1n) is 8.56. The zero-order valence-electron chi connectivity index (χ0n) is 14.3. The van der Waals surface area contributed by atoms with Crippen molar-refractivity contribution in [3.63, 3.8) is 0 Å². The van der Waals surface area contributed by atoms with Crippen LogP contribution in [0.15, 0.2) is 30.3 Å². The minimum Gasteiger partial charge on any atom is -0.377 e. The number of nitrogens with zero attached hydrogens (tertiary/aromatic N) is 2. The molecule has 0 radical (unpaired) electrons. The van der Waals surface area contributed by atoms with Crippen molar-refractivity contribution in [1.29, 1.82) is 5.26 Å². The zero-order valence-corrected chi connectivity index (χ0v) is 14.3. The van der Waals surface area contributed by atoms with Crippen LogP contribution in [0.3, 0.4) is 0 Å². The number of aromatic nitrogens is 1. The standard InChI is InChI=1S/C20H23N3O/c1-14-11-18(15(2)23(14)17-8-4-5-9-17)20(24)13-22-19-10-6-3-7-16(19)12-21/h3,6-7,10-11,17,22H,4-5,8-9,13H2,1-2H3. The Morgan fingerprint density at radius 2 is 2.00 bits per heavy atom. The SMILES string of the molecule is Cc1cc(C(=O)CNc2ccccc2C#N)c(C)n1C1CCCC1. The van der Waals surface area contributed by atoms with Gasteiger partial charge in [-0.2, -0.15) is 5.26 Å². The highest BCUT2D eigenvalue weighted by Gasteiger charge is 2.23. The number of rotatable bonds is 5. The molecule has 4 heteroatoms. The van der Waals surface area contributed by atoms with E-state index in [0.29, 0.717) is 17.3 Å². The van der Waals surface area contributed by atoms with E-state index in [1.54, 1.807) is 6.07 Å². The van der Waals surface area contributed by atoms with E-state index in [0.717, 1.165) is 11.3 Å². The van der Waals surface area contributed by atoms with E-state index in [1.807, 2.05) is 31.2 Å². The number of Topliss-reactive ketones (excluding diaryl/α,β-unsaturated/α-hetero) is 1. The average Bonchev–Trinajstić information content (AvgIpc) is 3.20. The quantitative estimate of drug-likeness (QED) is 0.831. The Morgan fingerprint density at radius 1 is 1.29 bits per heavy atom. The Bertz CT molecular complexity index is 792. The maximum absolute atomic E-state index is 12.7. The molecular formula is C20H23N3O. The summed E-state index contributed by atoms with van der Waals surface area (Å²) in [6.07, 6.45) is 4.96. The first-order valence-corrected chi connectivity index (χ1v) is 8.56. The van der Waals surface area contributed by atoms with Gasteiger partial charge in [0.05, 0.1) is 17.8 Å². The Hall–Kier alpha value is -2.54. The van der Waals surface area contributed by atoms with Crippen LogP contribution in [0.2, 0.25) is 0 Å². The van der Waals surface area contributed by atoms with Crippen molar-refractivity contribution in [2.24, 2.45) is 0 Å². The first kappa shape index (κ1) is 16.3. The van der Waals surface area contributed by atoms with Crippen LogP contribution in [0.1, 0.15) is 59.0 Å². The molecule has 2 aromatic rings. The smallest absolute Gasteiger partial charge is 0.183 e. The monoisotopic (exact) mass is 321 g/mol. The second-order valence-corrected chi connectivity index (χ2v) is 6.53. The number of hydrogen-bond acceptors (Lipinski definition) is 3. The molecule has 0 aliphatic heterocycles. The summed E-state index contributed by atoms with van der Waals surface area (Å²) in [7, 11) is 0. The van der Waals surface area contributed by atoms with Gasteiger partial charge < -0.3 is 9.88 Å². The molecule has 1 aromatic heterocycles. The molecule has 0 amide bonds. The topological polar surface area (TPSA) is 57.8 Å². The molecule has 0 bridgehead atoms. The number of para-hydroxylation sites is 1. The van der Waals surface area contributed by atoms with E-state index in [4.69, 9.17) is 5.26 Å². The van der Waals surface area contributed by atoms with Crippen LogP contribution in [0.25, 0.3) is 0 Å². The normalized spacial score (nSPS) is 14.5. The van der Waals surface area contributed by atoms with Gasteiger partial charge in [-0.15, -0.1) is 0 Å². The maximum Gasteiger partial charge on any atom is 0.183 e. The number of ketones is 1. The van der Waals surface area contributed by atoms with Crippen molar-refractivity contribution in [2.75, 3.05) is 11.9 Å². The number of benzene rings is 1. The van der Waals surface area contributed by atoms with Gasteiger partial charge in [-0.25, -0.2) is 0 Å². The predicted octanol–water partition coefficient (Wildman–Crippen LogP) is 4.39. The summed E-state index contributed by atoms with van der Waals surface area (Å²) in [5, 5.41) is 12.2. The highest BCUT2D eigenvalue weighted by molar-refractivity contribution is 6.00. The average molecular weight is 321 g/mol. The summed E-state index contributed by atoms with van der Waals surface area (Å²) in [6.45, 7) is 4.33. The van der Waals surface area contributed by atoms with E-state index in [2.05, 4.69) is 22.9 Å². The Balaban J connectivity index is 1.76. The zero-order chi connectivity index (χ0) is 17.1. The second kappa shape index (κ2) is 6.92. The molecule has 4 nitrogen and oxygen atoms in total. The third kappa shape index (κ3) is 3.07. The number of nitriles is 1. The molecule has 3 rings (SSSR count). The highest BCUT2D eigenvalue weighted by Crippen LogP contribution is 2.33. The molecule has 1 aliphatic rings. The van der Waals surface area contributed by atoms with Crippen LogP contribution in [-0.4, -0.2) is 16.9 Å². The number of anilines is 1. The molecule has 0 unspecified atom stereocenters. The van der Waals surface area contributed by atoms with Gasteiger partial charge in [-0.05, 0) is 44.9 Å². The first-order chi connectivity index (χ1) is 11.6. The van der Waals surface area contributed by atoms with Crippen LogP contribution >= 0.6 is 0 Å². The van der Waals surface area contributed by atoms with E-state index < -0.39 is 0 Å². The second-order valence-electron chi connectivity index (χ2n) is 6.53. The lowest BCUT2D eigenvalue weighted by Crippen LogP contribution is -2.16. The minimum atomic E-state index is 0.0695. The third-order valence-corrected chi connectivity index (χ3v) is 4.96. The molecule has 24 heavy (non-hydrogen) atoms. The van der Waals surface area contributed by atoms with Crippen molar-refractivity contribution in [1.82, 2.24) is 4.57 Å². The number of aryl methyl sites for hydroxylation is 1. The van der Waals surface area contributed by atoms with Gasteiger partial charge in [0, 0.05) is 23.0 Å². The van der Waals surface area contributed by atoms with Gasteiger partial charge in [-0.1, -0.05) is 25.0 Å². The third-order valence-electron chi connectivity index (χ3n) is 4.96. The molecule has 1 saturated carbocycles. The van der Waals surface area contributed by atoms with Gasteiger partial charge in [0.2, 0.25) is 0 Å². The summed E-state index contributed by atoms with van der Waals surface area (Å²) >= 11 is 0. The predicted molar refractivity (Wildman–Crippen MR) is 95.4 cm³/mol. The molecule has 1 N–H and O–H groups in total. The summed E-state index contributed by atoms with van der Waals surface area (Å²) in [5.41, 5.74) is 4.29. The summed E-state index contributed by atoms with van der Waals surface area (Å²) < 4.78 is 2.34. The molecular weight excluding hydrogens is 298 g/mol. The van der Waals surface area contributed by atoms with Gasteiger partial charge in [0.15, 0.2) is 5.78 Å². The molecule has 124 valence electrons. The molecule has 0 saturated heterocycles. The van der Waals surface area contributed by atoms with Crippen molar-refractivity contribution < 1.29 is 4.79 Å². The fourth-order valence-corrected chi connectivity index (χ4v) is 3.79. The Labute approximate surface area is 143 Å². The van der Waals surface area contributed by atoms with Crippen LogP contribution in [0.4, 0.5) is 5.69 Å². The molecule has 0 spiro atoms. The summed E-state index contributed by atoms with van der Waals surface area (Å²) in [6, 6.07) is 11.9. The van der Waals surface area contributed by atoms with E-state index in [-0.39, 0.29) is 12.3 Å². The summed E-state index contributed by atoms with van der Waals surface area (Å²) in [4.78, 5) is 12.7. The van der Waals surface area contributed by atoms with Crippen molar-refractivity contribution >= 4 is 11.5 Å². The minimum absolute atomic E-state index is 0.0695. The van der Waals surface area contributed by atoms with Crippen molar-refractivity contribution in [2.45, 2.75) is 45.6 Å². The van der Waals surface area contributed by atoms with Crippen LogP contribution in [-0.2, 0) is 0 Å². The lowest BCUT2D eigenvalue weighted by molar-refractivity contribution is 0.101. The number of hydrogen-bond donors (Lipinski definition) is 1. The molecule has 1 aromatic carbocycles. The fourth-order valence-electron chi connectivity index (χ4n) is 3.79. The molecule has 1 aliphatic carbocycles. The number of carbonyl (C=O) groups is 1. The van der Waals surface area contributed by atoms with Gasteiger partial charge in [0.25, 0.3) is 0 Å². The van der Waals surface area contributed by atoms with E-state index >= 15 is 0 Å². The largest absolute Gasteiger partial charge is 0.377 e. The summed E-state index contributed by atoms with van der Waals surface area (Å²) in [5.74, 6) is 0.0695. The lowest BCUT2D eigenvalue weighted by Gasteiger charge is -2.17. The van der Waals surface area contributed by atoms with Crippen molar-refractivity contribution in [3.05, 3.63) is 52.8 Å². The molecule has 0 atom stereocenters. The van der Waals surface area contributed by atoms with Gasteiger partial charge in [-0.3, -0.25) is 4.79 Å². The molecule has 1 heterocycles. The number of carbonyl (C=O) groups excluding carboxylic acids is 1. The number of nitrogens with one attached hydrogen (secondary N) is 1. The lowest BCUT2D eigenvalue weighted by atomic mass is 10.1. The van der Waals surface area contributed by atoms with E-state index in [1.165, 1.54) is 31.4 Å². The van der Waals surface area contributed by atoms with Crippen LogP contribution < -0.4 is 5.32 Å². The Morgan fingerprint density at radius 3 is 2.71 bits per heavy atom. The maximum atomic E-state index is 12.7. The van der Waals surface area contributed by atoms with Crippen LogP contribution in [0, 0.1) is 25.2 Å². The van der Waals surface area contributed by atoms with E-state index in [9.17, 15) is 4.79 Å². The van der Waals surface area contributed by atoms with Gasteiger partial charge in [0.1, 0.15) is 6.07 Å². The fraction of sp³-hybridized carbons (Fsp3) is 0.400. The van der Waals surface area contributed by atoms with Gasteiger partial charge >= 0.3 is 0 Å². The van der Waals surface area contributed by atoms with Crippen LogP contribution in [0.5, 0.6) is 0 Å².